The largest absolute Gasteiger partial charge is 0.461 e. The molecule has 4 aliphatic rings. The Kier molecular flexibility index (Phi) is 8.08. The van der Waals surface area contributed by atoms with Crippen molar-refractivity contribution >= 4 is 37.8 Å². The first kappa shape index (κ1) is 26.5. The zero-order valence-corrected chi connectivity index (χ0v) is 25.1. The molecular formula is C29H48Br2O2. The first-order valence-corrected chi connectivity index (χ1v) is 15.8. The molecule has 0 spiro atoms. The van der Waals surface area contributed by atoms with Crippen LogP contribution in [0.25, 0.3) is 0 Å². The summed E-state index contributed by atoms with van der Waals surface area (Å²) < 4.78 is 5.75. The first-order chi connectivity index (χ1) is 15.5. The molecule has 4 heteroatoms. The van der Waals surface area contributed by atoms with Gasteiger partial charge in [-0.15, -0.1) is 0 Å². The maximum absolute atomic E-state index is 11.7. The quantitative estimate of drug-likeness (QED) is 0.229. The van der Waals surface area contributed by atoms with Crippen molar-refractivity contribution in [3.05, 3.63) is 0 Å². The van der Waals surface area contributed by atoms with Gasteiger partial charge in [0, 0.05) is 11.8 Å². The van der Waals surface area contributed by atoms with Crippen molar-refractivity contribution < 1.29 is 9.53 Å². The number of halogens is 2. The molecule has 0 N–H and O–H groups in total. The molecule has 0 aromatic carbocycles. The van der Waals surface area contributed by atoms with Crippen LogP contribution in [-0.2, 0) is 9.53 Å². The van der Waals surface area contributed by atoms with Gasteiger partial charge in [-0.3, -0.25) is 4.79 Å². The number of hydrogen-bond donors (Lipinski definition) is 0. The van der Waals surface area contributed by atoms with E-state index >= 15 is 0 Å². The molecule has 0 saturated heterocycles. The summed E-state index contributed by atoms with van der Waals surface area (Å²) in [5, 5.41) is 0. The van der Waals surface area contributed by atoms with Crippen LogP contribution >= 0.6 is 31.9 Å². The molecule has 4 saturated carbocycles. The predicted molar refractivity (Wildman–Crippen MR) is 145 cm³/mol. The van der Waals surface area contributed by atoms with Gasteiger partial charge in [-0.1, -0.05) is 85.7 Å². The number of carbonyl (C=O) groups is 1. The van der Waals surface area contributed by atoms with Crippen LogP contribution in [0.15, 0.2) is 0 Å². The highest BCUT2D eigenvalue weighted by Crippen LogP contribution is 2.69. The van der Waals surface area contributed by atoms with Crippen molar-refractivity contribution in [3.63, 3.8) is 0 Å². The molecule has 4 fully saturated rings. The van der Waals surface area contributed by atoms with E-state index in [4.69, 9.17) is 4.74 Å². The van der Waals surface area contributed by atoms with Gasteiger partial charge >= 0.3 is 5.97 Å². The third kappa shape index (κ3) is 4.76. The third-order valence-electron chi connectivity index (χ3n) is 11.1. The van der Waals surface area contributed by atoms with Crippen molar-refractivity contribution in [1.29, 1.82) is 0 Å². The van der Waals surface area contributed by atoms with Gasteiger partial charge in [0.05, 0.1) is 4.83 Å². The highest BCUT2D eigenvalue weighted by atomic mass is 79.9. The van der Waals surface area contributed by atoms with E-state index in [0.717, 1.165) is 41.9 Å². The minimum absolute atomic E-state index is 0.0218. The standard InChI is InChI=1S/C29H48Br2O2/c1-17(2)8-7-9-18(3)21-10-11-22-20-16-24(30)26-27(31)25(33-19(4)32)13-15-29(26,6)23(20)12-14-28(21,22)5/h17-18,20-27H,7-16H2,1-6H3/t18-,20+,21-,22+,23+,24-,25?,26?,27-,28-,29-/m1/s1. The SMILES string of the molecule is CC(=O)OC1CC[C@@]2(C)C([C@@H]1Br)[C@H](Br)C[C@H]1[C@@H]3CC[C@H]([C@H](C)CCCC(C)C)[C@@]3(C)CC[C@@H]12. The lowest BCUT2D eigenvalue weighted by molar-refractivity contribution is -0.157. The highest BCUT2D eigenvalue weighted by molar-refractivity contribution is 9.10. The number of carbonyl (C=O) groups excluding carboxylic acids is 1. The molecule has 11 atom stereocenters. The van der Waals surface area contributed by atoms with Crippen molar-refractivity contribution in [2.45, 2.75) is 122 Å². The fraction of sp³-hybridized carbons (Fsp3) is 0.966. The Balaban J connectivity index is 1.50. The number of esters is 1. The minimum atomic E-state index is -0.138. The number of ether oxygens (including phenoxy) is 1. The number of hydrogen-bond acceptors (Lipinski definition) is 2. The fourth-order valence-corrected chi connectivity index (χ4v) is 12.7. The normalized spacial score (nSPS) is 48.0. The maximum atomic E-state index is 11.7. The molecule has 2 unspecified atom stereocenters. The Morgan fingerprint density at radius 3 is 2.30 bits per heavy atom. The van der Waals surface area contributed by atoms with E-state index in [0.29, 0.717) is 21.6 Å². The third-order valence-corrected chi connectivity index (χ3v) is 13.2. The Morgan fingerprint density at radius 1 is 0.970 bits per heavy atom. The summed E-state index contributed by atoms with van der Waals surface area (Å²) in [6.45, 7) is 14.1. The van der Waals surface area contributed by atoms with Gasteiger partial charge < -0.3 is 4.74 Å². The fourth-order valence-electron chi connectivity index (χ4n) is 9.62. The second-order valence-corrected chi connectivity index (χ2v) is 15.6. The van der Waals surface area contributed by atoms with Crippen LogP contribution in [0.5, 0.6) is 0 Å². The van der Waals surface area contributed by atoms with Crippen molar-refractivity contribution in [2.75, 3.05) is 0 Å². The van der Waals surface area contributed by atoms with Crippen molar-refractivity contribution in [3.8, 4) is 0 Å². The molecule has 4 aliphatic carbocycles. The number of fused-ring (bicyclic) bond motifs is 5. The van der Waals surface area contributed by atoms with E-state index in [1.54, 1.807) is 6.92 Å². The molecule has 33 heavy (non-hydrogen) atoms. The first-order valence-electron chi connectivity index (χ1n) is 13.9. The zero-order chi connectivity index (χ0) is 24.1. The van der Waals surface area contributed by atoms with Crippen LogP contribution in [0.1, 0.15) is 106 Å². The van der Waals surface area contributed by atoms with Gasteiger partial charge in [-0.2, -0.15) is 0 Å². The Morgan fingerprint density at radius 2 is 1.64 bits per heavy atom. The molecule has 0 aromatic heterocycles. The molecule has 0 aromatic rings. The predicted octanol–water partition coefficient (Wildman–Crippen LogP) is 8.79. The molecule has 0 heterocycles. The monoisotopic (exact) mass is 586 g/mol. The smallest absolute Gasteiger partial charge is 0.302 e. The Bertz CT molecular complexity index is 710. The van der Waals surface area contributed by atoms with E-state index in [2.05, 4.69) is 66.5 Å². The van der Waals surface area contributed by atoms with Crippen molar-refractivity contribution in [1.82, 2.24) is 0 Å². The molecule has 0 radical (unpaired) electrons. The maximum Gasteiger partial charge on any atom is 0.302 e. The molecule has 4 rings (SSSR count). The molecule has 190 valence electrons. The lowest BCUT2D eigenvalue weighted by Gasteiger charge is -2.63. The molecular weight excluding hydrogens is 540 g/mol. The summed E-state index contributed by atoms with van der Waals surface area (Å²) in [7, 11) is 0. The van der Waals surface area contributed by atoms with Crippen LogP contribution < -0.4 is 0 Å². The van der Waals surface area contributed by atoms with E-state index in [-0.39, 0.29) is 16.9 Å². The van der Waals surface area contributed by atoms with E-state index < -0.39 is 0 Å². The summed E-state index contributed by atoms with van der Waals surface area (Å²) in [5.74, 6) is 5.59. The number of alkyl halides is 2. The number of rotatable bonds is 6. The minimum Gasteiger partial charge on any atom is -0.461 e. The summed E-state index contributed by atoms with van der Waals surface area (Å²) in [6, 6.07) is 0. The van der Waals surface area contributed by atoms with Gasteiger partial charge in [0.15, 0.2) is 0 Å². The van der Waals surface area contributed by atoms with Crippen LogP contribution in [-0.4, -0.2) is 21.7 Å². The van der Waals surface area contributed by atoms with Gasteiger partial charge in [-0.05, 0) is 97.2 Å². The van der Waals surface area contributed by atoms with Gasteiger partial charge in [0.2, 0.25) is 0 Å². The second kappa shape index (κ2) is 10.1. The van der Waals surface area contributed by atoms with Crippen LogP contribution in [0.3, 0.4) is 0 Å². The summed E-state index contributed by atoms with van der Waals surface area (Å²) in [5.41, 5.74) is 0.876. The van der Waals surface area contributed by atoms with Gasteiger partial charge in [0.25, 0.3) is 0 Å². The molecule has 0 amide bonds. The van der Waals surface area contributed by atoms with Gasteiger partial charge in [0.1, 0.15) is 6.10 Å². The van der Waals surface area contributed by atoms with E-state index in [9.17, 15) is 4.79 Å². The van der Waals surface area contributed by atoms with E-state index in [1.165, 1.54) is 57.8 Å². The van der Waals surface area contributed by atoms with Crippen LogP contribution in [0.2, 0.25) is 0 Å². The average Bonchev–Trinajstić information content (AvgIpc) is 3.07. The Hall–Kier alpha value is 0.430. The molecule has 0 bridgehead atoms. The average molecular weight is 589 g/mol. The zero-order valence-electron chi connectivity index (χ0n) is 21.9. The van der Waals surface area contributed by atoms with Crippen LogP contribution in [0.4, 0.5) is 0 Å². The Labute approximate surface area is 220 Å². The molecule has 2 nitrogen and oxygen atoms in total. The van der Waals surface area contributed by atoms with Crippen LogP contribution in [0, 0.1) is 52.3 Å². The summed E-state index contributed by atoms with van der Waals surface area (Å²) >= 11 is 8.24. The summed E-state index contributed by atoms with van der Waals surface area (Å²) in [6.07, 6.45) is 13.5. The topological polar surface area (TPSA) is 26.3 Å². The lowest BCUT2D eigenvalue weighted by atomic mass is 9.44. The lowest BCUT2D eigenvalue weighted by Crippen LogP contribution is -2.60. The second-order valence-electron chi connectivity index (χ2n) is 13.3. The molecule has 0 aliphatic heterocycles. The van der Waals surface area contributed by atoms with E-state index in [1.807, 2.05) is 0 Å². The van der Waals surface area contributed by atoms with Crippen molar-refractivity contribution in [2.24, 2.45) is 52.3 Å². The summed E-state index contributed by atoms with van der Waals surface area (Å²) in [4.78, 5) is 12.5. The van der Waals surface area contributed by atoms with Gasteiger partial charge in [-0.25, -0.2) is 0 Å². The highest BCUT2D eigenvalue weighted by Gasteiger charge is 2.64.